The summed E-state index contributed by atoms with van der Waals surface area (Å²) in [4.78, 5) is 6.78. The topological polar surface area (TPSA) is 55.3 Å². The van der Waals surface area contributed by atoms with Crippen molar-refractivity contribution in [1.82, 2.24) is 15.0 Å². The molecule has 0 bridgehead atoms. The Balaban J connectivity index is 1.76. The van der Waals surface area contributed by atoms with Gasteiger partial charge in [0.15, 0.2) is 5.76 Å². The van der Waals surface area contributed by atoms with E-state index in [0.29, 0.717) is 17.5 Å². The predicted molar refractivity (Wildman–Crippen MR) is 69.3 cm³/mol. The molecule has 0 saturated carbocycles. The highest BCUT2D eigenvalue weighted by molar-refractivity contribution is 7.99. The van der Waals surface area contributed by atoms with Gasteiger partial charge in [-0.1, -0.05) is 5.16 Å². The molecule has 2 aromatic rings. The first-order valence-corrected chi connectivity index (χ1v) is 7.19. The Kier molecular flexibility index (Phi) is 3.38. The van der Waals surface area contributed by atoms with Crippen LogP contribution in [-0.4, -0.2) is 39.6 Å². The van der Waals surface area contributed by atoms with E-state index < -0.39 is 0 Å². The molecule has 1 atom stereocenters. The molecule has 1 aliphatic rings. The van der Waals surface area contributed by atoms with Crippen molar-refractivity contribution in [1.29, 1.82) is 0 Å². The molecule has 0 aliphatic carbocycles. The quantitative estimate of drug-likeness (QED) is 0.849. The fraction of sp³-hybridized carbons (Fsp3) is 0.500. The molecular weight excluding hydrogens is 250 g/mol. The van der Waals surface area contributed by atoms with E-state index in [0.717, 1.165) is 13.1 Å². The number of nitrogens with zero attached hydrogens (tertiary/aromatic N) is 3. The number of furan rings is 1. The highest BCUT2D eigenvalue weighted by atomic mass is 32.2. The lowest BCUT2D eigenvalue weighted by Gasteiger charge is -2.29. The van der Waals surface area contributed by atoms with Crippen molar-refractivity contribution in [2.75, 3.05) is 24.6 Å². The van der Waals surface area contributed by atoms with E-state index in [4.69, 9.17) is 8.94 Å². The van der Waals surface area contributed by atoms with Gasteiger partial charge in [0.1, 0.15) is 0 Å². The zero-order valence-corrected chi connectivity index (χ0v) is 11.0. The molecule has 96 valence electrons. The summed E-state index contributed by atoms with van der Waals surface area (Å²) in [5.74, 6) is 4.17. The number of hydrogen-bond donors (Lipinski definition) is 0. The molecule has 0 aromatic carbocycles. The first kappa shape index (κ1) is 11.8. The van der Waals surface area contributed by atoms with Crippen LogP contribution in [0.15, 0.2) is 27.3 Å². The lowest BCUT2D eigenvalue weighted by Crippen LogP contribution is -2.34. The minimum Gasteiger partial charge on any atom is -0.461 e. The van der Waals surface area contributed by atoms with Crippen LogP contribution < -0.4 is 0 Å². The first-order chi connectivity index (χ1) is 8.84. The van der Waals surface area contributed by atoms with E-state index in [2.05, 4.69) is 22.0 Å². The normalized spacial score (nSPS) is 18.9. The number of thioether (sulfide) groups is 1. The second-order valence-electron chi connectivity index (χ2n) is 4.26. The molecule has 0 N–H and O–H groups in total. The molecule has 0 spiro atoms. The molecule has 1 unspecified atom stereocenters. The zero-order valence-electron chi connectivity index (χ0n) is 10.2. The largest absolute Gasteiger partial charge is 0.461 e. The van der Waals surface area contributed by atoms with Crippen molar-refractivity contribution >= 4 is 11.8 Å². The van der Waals surface area contributed by atoms with Crippen molar-refractivity contribution in [3.05, 3.63) is 24.3 Å². The Hall–Kier alpha value is -1.27. The maximum atomic E-state index is 5.33. The van der Waals surface area contributed by atoms with Gasteiger partial charge in [-0.25, -0.2) is 0 Å². The third kappa shape index (κ3) is 2.30. The summed E-state index contributed by atoms with van der Waals surface area (Å²) in [6.07, 6.45) is 1.61. The van der Waals surface area contributed by atoms with Gasteiger partial charge in [-0.2, -0.15) is 16.7 Å². The maximum Gasteiger partial charge on any atom is 0.244 e. The van der Waals surface area contributed by atoms with E-state index in [-0.39, 0.29) is 6.04 Å². The van der Waals surface area contributed by atoms with E-state index >= 15 is 0 Å². The Morgan fingerprint density at radius 2 is 2.22 bits per heavy atom. The van der Waals surface area contributed by atoms with Crippen molar-refractivity contribution in [2.24, 2.45) is 0 Å². The van der Waals surface area contributed by atoms with Gasteiger partial charge in [0, 0.05) is 24.6 Å². The van der Waals surface area contributed by atoms with Crippen LogP contribution in [0.2, 0.25) is 0 Å². The van der Waals surface area contributed by atoms with E-state index in [1.165, 1.54) is 11.5 Å². The van der Waals surface area contributed by atoms with Gasteiger partial charge in [0.2, 0.25) is 11.7 Å². The molecule has 18 heavy (non-hydrogen) atoms. The van der Waals surface area contributed by atoms with Crippen LogP contribution in [0.5, 0.6) is 0 Å². The first-order valence-electron chi connectivity index (χ1n) is 6.04. The molecule has 2 aromatic heterocycles. The SMILES string of the molecule is CC(c1nc(-c2ccco2)no1)N1CCSCC1. The fourth-order valence-corrected chi connectivity index (χ4v) is 2.96. The van der Waals surface area contributed by atoms with E-state index in [9.17, 15) is 0 Å². The zero-order chi connectivity index (χ0) is 12.4. The second-order valence-corrected chi connectivity index (χ2v) is 5.48. The summed E-state index contributed by atoms with van der Waals surface area (Å²) in [5, 5.41) is 3.96. The average molecular weight is 265 g/mol. The Morgan fingerprint density at radius 1 is 1.39 bits per heavy atom. The van der Waals surface area contributed by atoms with Crippen LogP contribution in [0, 0.1) is 0 Å². The monoisotopic (exact) mass is 265 g/mol. The summed E-state index contributed by atoms with van der Waals surface area (Å²) in [6, 6.07) is 3.81. The van der Waals surface area contributed by atoms with Crippen molar-refractivity contribution < 1.29 is 8.94 Å². The molecule has 3 heterocycles. The van der Waals surface area contributed by atoms with Gasteiger partial charge in [-0.15, -0.1) is 0 Å². The van der Waals surface area contributed by atoms with Crippen LogP contribution >= 0.6 is 11.8 Å². The number of hydrogen-bond acceptors (Lipinski definition) is 6. The Bertz CT molecular complexity index is 491. The molecule has 1 fully saturated rings. The molecular formula is C12H15N3O2S. The summed E-state index contributed by atoms with van der Waals surface area (Å²) < 4.78 is 10.6. The lowest BCUT2D eigenvalue weighted by atomic mass is 10.3. The molecule has 0 amide bonds. The predicted octanol–water partition coefficient (Wildman–Crippen LogP) is 2.44. The van der Waals surface area contributed by atoms with Crippen LogP contribution in [0.3, 0.4) is 0 Å². The van der Waals surface area contributed by atoms with Gasteiger partial charge in [-0.3, -0.25) is 4.90 Å². The van der Waals surface area contributed by atoms with E-state index in [1.807, 2.05) is 23.9 Å². The van der Waals surface area contributed by atoms with Gasteiger partial charge in [-0.05, 0) is 19.1 Å². The van der Waals surface area contributed by atoms with Crippen LogP contribution in [-0.2, 0) is 0 Å². The maximum absolute atomic E-state index is 5.33. The Morgan fingerprint density at radius 3 is 2.94 bits per heavy atom. The van der Waals surface area contributed by atoms with Gasteiger partial charge >= 0.3 is 0 Å². The molecule has 1 aliphatic heterocycles. The lowest BCUT2D eigenvalue weighted by molar-refractivity contribution is 0.189. The molecule has 6 heteroatoms. The van der Waals surface area contributed by atoms with Gasteiger partial charge in [0.05, 0.1) is 12.3 Å². The minimum absolute atomic E-state index is 0.169. The third-order valence-corrected chi connectivity index (χ3v) is 4.08. The average Bonchev–Trinajstić information content (AvgIpc) is 3.09. The second kappa shape index (κ2) is 5.16. The number of aromatic nitrogens is 2. The highest BCUT2D eigenvalue weighted by Gasteiger charge is 2.23. The highest BCUT2D eigenvalue weighted by Crippen LogP contribution is 2.24. The standard InChI is InChI=1S/C12H15N3O2S/c1-9(15-4-7-18-8-5-15)12-13-11(14-17-12)10-3-2-6-16-10/h2-3,6,9H,4-5,7-8H2,1H3. The fourth-order valence-electron chi connectivity index (χ4n) is 2.03. The van der Waals surface area contributed by atoms with Gasteiger partial charge < -0.3 is 8.94 Å². The molecule has 5 nitrogen and oxygen atoms in total. The minimum atomic E-state index is 0.169. The Labute approximate surface area is 110 Å². The molecule has 0 radical (unpaired) electrons. The van der Waals surface area contributed by atoms with Crippen LogP contribution in [0.25, 0.3) is 11.6 Å². The summed E-state index contributed by atoms with van der Waals surface area (Å²) in [5.41, 5.74) is 0. The van der Waals surface area contributed by atoms with Gasteiger partial charge in [0.25, 0.3) is 0 Å². The molecule has 3 rings (SSSR count). The number of rotatable bonds is 3. The molecule has 1 saturated heterocycles. The van der Waals surface area contributed by atoms with Crippen LogP contribution in [0.4, 0.5) is 0 Å². The van der Waals surface area contributed by atoms with Crippen molar-refractivity contribution in [3.8, 4) is 11.6 Å². The van der Waals surface area contributed by atoms with Crippen molar-refractivity contribution in [3.63, 3.8) is 0 Å². The van der Waals surface area contributed by atoms with E-state index in [1.54, 1.807) is 6.26 Å². The summed E-state index contributed by atoms with van der Waals surface area (Å²) >= 11 is 1.99. The summed E-state index contributed by atoms with van der Waals surface area (Å²) in [6.45, 7) is 4.25. The smallest absolute Gasteiger partial charge is 0.244 e. The van der Waals surface area contributed by atoms with Crippen LogP contribution in [0.1, 0.15) is 18.9 Å². The third-order valence-electron chi connectivity index (χ3n) is 3.13. The summed E-state index contributed by atoms with van der Waals surface area (Å²) in [7, 11) is 0. The van der Waals surface area contributed by atoms with Crippen molar-refractivity contribution in [2.45, 2.75) is 13.0 Å².